The Morgan fingerprint density at radius 2 is 2.03 bits per heavy atom. The van der Waals surface area contributed by atoms with Gasteiger partial charge in [-0.2, -0.15) is 0 Å². The number of hydrogen-bond donors (Lipinski definition) is 1. The molecule has 0 amide bonds. The van der Waals surface area contributed by atoms with Gasteiger partial charge in [-0.05, 0) is 43.7 Å². The number of carbonyl (C=O) groups excluding carboxylic acids is 1. The van der Waals surface area contributed by atoms with Crippen molar-refractivity contribution in [3.63, 3.8) is 0 Å². The first kappa shape index (κ1) is 18.6. The summed E-state index contributed by atoms with van der Waals surface area (Å²) in [6.45, 7) is 5.23. The largest absolute Gasteiger partial charge is 0.445 e. The Bertz CT molecular complexity index is 1140. The van der Waals surface area contributed by atoms with E-state index >= 15 is 0 Å². The van der Waals surface area contributed by atoms with Crippen molar-refractivity contribution < 1.29 is 13.6 Å². The van der Waals surface area contributed by atoms with Gasteiger partial charge in [-0.15, -0.1) is 0 Å². The van der Waals surface area contributed by atoms with Crippen LogP contribution in [0, 0.1) is 25.6 Å². The molecule has 8 heteroatoms. The van der Waals surface area contributed by atoms with Gasteiger partial charge in [-0.25, -0.2) is 19.3 Å². The molecule has 3 aromatic rings. The van der Waals surface area contributed by atoms with Gasteiger partial charge in [0.1, 0.15) is 12.1 Å². The molecule has 1 N–H and O–H groups in total. The van der Waals surface area contributed by atoms with E-state index in [4.69, 9.17) is 4.42 Å². The standard InChI is InChI=1S/C22H20FN5O2/c1-12-7-13(2)27-22(26-12)28-10-14-9-25-19(18(14)11-28)20(29)17-8-15(23)3-4-16(17)21-24-5-6-30-21/h3-8,11,14,19,25H,9-10H2,1-2H3. The lowest BCUT2D eigenvalue weighted by Gasteiger charge is -2.17. The van der Waals surface area contributed by atoms with Crippen molar-refractivity contribution >= 4 is 11.7 Å². The van der Waals surface area contributed by atoms with E-state index in [0.717, 1.165) is 17.0 Å². The molecule has 30 heavy (non-hydrogen) atoms. The van der Waals surface area contributed by atoms with Crippen LogP contribution < -0.4 is 10.2 Å². The van der Waals surface area contributed by atoms with Crippen LogP contribution in [0.5, 0.6) is 0 Å². The number of hydrogen-bond acceptors (Lipinski definition) is 7. The highest BCUT2D eigenvalue weighted by molar-refractivity contribution is 6.07. The lowest BCUT2D eigenvalue weighted by atomic mass is 9.92. The molecule has 2 atom stereocenters. The maximum Gasteiger partial charge on any atom is 0.229 e. The van der Waals surface area contributed by atoms with Crippen molar-refractivity contribution in [2.24, 2.45) is 5.92 Å². The Morgan fingerprint density at radius 1 is 1.23 bits per heavy atom. The van der Waals surface area contributed by atoms with Gasteiger partial charge in [0.05, 0.1) is 12.2 Å². The van der Waals surface area contributed by atoms with Crippen molar-refractivity contribution in [2.45, 2.75) is 19.9 Å². The first-order chi connectivity index (χ1) is 14.5. The van der Waals surface area contributed by atoms with Gasteiger partial charge in [0.15, 0.2) is 5.78 Å². The highest BCUT2D eigenvalue weighted by Crippen LogP contribution is 2.34. The van der Waals surface area contributed by atoms with E-state index in [1.54, 1.807) is 0 Å². The number of carbonyl (C=O) groups is 1. The monoisotopic (exact) mass is 405 g/mol. The van der Waals surface area contributed by atoms with Gasteiger partial charge < -0.3 is 14.6 Å². The third-order valence-corrected chi connectivity index (χ3v) is 5.49. The van der Waals surface area contributed by atoms with E-state index in [2.05, 4.69) is 20.3 Å². The van der Waals surface area contributed by atoms with Crippen LogP contribution in [-0.4, -0.2) is 39.9 Å². The first-order valence-corrected chi connectivity index (χ1v) is 9.77. The number of fused-ring (bicyclic) bond motifs is 1. The average Bonchev–Trinajstić information content (AvgIpc) is 3.43. The van der Waals surface area contributed by atoms with Gasteiger partial charge in [0, 0.05) is 47.7 Å². The molecule has 1 saturated heterocycles. The van der Waals surface area contributed by atoms with Gasteiger partial charge in [-0.1, -0.05) is 0 Å². The summed E-state index contributed by atoms with van der Waals surface area (Å²) in [5, 5.41) is 3.28. The predicted octanol–water partition coefficient (Wildman–Crippen LogP) is 3.06. The molecule has 1 fully saturated rings. The molecule has 0 spiro atoms. The summed E-state index contributed by atoms with van der Waals surface area (Å²) in [6, 6.07) is 5.46. The highest BCUT2D eigenvalue weighted by Gasteiger charge is 2.41. The second-order valence-electron chi connectivity index (χ2n) is 7.66. The summed E-state index contributed by atoms with van der Waals surface area (Å²) < 4.78 is 19.4. The Kier molecular flexibility index (Phi) is 4.43. The Hall–Kier alpha value is -3.39. The first-order valence-electron chi connectivity index (χ1n) is 9.77. The van der Waals surface area contributed by atoms with Crippen molar-refractivity contribution in [1.29, 1.82) is 0 Å². The van der Waals surface area contributed by atoms with Gasteiger partial charge in [-0.3, -0.25) is 4.79 Å². The van der Waals surface area contributed by atoms with Crippen LogP contribution in [-0.2, 0) is 0 Å². The minimum absolute atomic E-state index is 0.169. The summed E-state index contributed by atoms with van der Waals surface area (Å²) in [5.41, 5.74) is 3.48. The maximum absolute atomic E-state index is 14.0. The van der Waals surface area contributed by atoms with Crippen LogP contribution in [0.15, 0.2) is 52.9 Å². The summed E-state index contributed by atoms with van der Waals surface area (Å²) in [5.74, 6) is 0.404. The Morgan fingerprint density at radius 3 is 2.77 bits per heavy atom. The van der Waals surface area contributed by atoms with Crippen molar-refractivity contribution in [2.75, 3.05) is 18.0 Å². The average molecular weight is 405 g/mol. The third-order valence-electron chi connectivity index (χ3n) is 5.49. The number of nitrogens with one attached hydrogen (secondary N) is 1. The van der Waals surface area contributed by atoms with Gasteiger partial charge in [0.25, 0.3) is 0 Å². The summed E-state index contributed by atoms with van der Waals surface area (Å²) in [6.07, 6.45) is 4.88. The normalized spacial score (nSPS) is 20.4. The molecule has 2 aliphatic heterocycles. The van der Waals surface area contributed by atoms with Crippen molar-refractivity contribution in [3.8, 4) is 11.5 Å². The molecule has 5 rings (SSSR count). The highest BCUT2D eigenvalue weighted by atomic mass is 19.1. The maximum atomic E-state index is 14.0. The number of nitrogens with zero attached hydrogens (tertiary/aromatic N) is 4. The van der Waals surface area contributed by atoms with Crippen LogP contribution in [0.2, 0.25) is 0 Å². The molecule has 152 valence electrons. The number of Topliss-reactive ketones (excluding diaryl/α,β-unsaturated/α-hetero) is 1. The SMILES string of the molecule is Cc1cc(C)nc(N2C=C3C(CNC3C(=O)c3cc(F)ccc3-c3ncco3)C2)n1. The zero-order valence-electron chi connectivity index (χ0n) is 16.6. The molecule has 0 saturated carbocycles. The smallest absolute Gasteiger partial charge is 0.229 e. The number of halogens is 1. The number of ketones is 1. The zero-order chi connectivity index (χ0) is 20.8. The minimum Gasteiger partial charge on any atom is -0.445 e. The number of oxazole rings is 1. The van der Waals surface area contributed by atoms with E-state index in [9.17, 15) is 9.18 Å². The second kappa shape index (κ2) is 7.14. The van der Waals surface area contributed by atoms with E-state index < -0.39 is 11.9 Å². The van der Waals surface area contributed by atoms with E-state index in [0.29, 0.717) is 30.5 Å². The van der Waals surface area contributed by atoms with Gasteiger partial charge in [0.2, 0.25) is 11.8 Å². The lowest BCUT2D eigenvalue weighted by Crippen LogP contribution is -2.33. The van der Waals surface area contributed by atoms with E-state index in [-0.39, 0.29) is 17.3 Å². The third kappa shape index (κ3) is 3.19. The van der Waals surface area contributed by atoms with Gasteiger partial charge >= 0.3 is 0 Å². The van der Waals surface area contributed by atoms with Crippen molar-refractivity contribution in [3.05, 3.63) is 71.3 Å². The molecule has 2 aliphatic rings. The molecule has 4 heterocycles. The number of aromatic nitrogens is 3. The summed E-state index contributed by atoms with van der Waals surface area (Å²) in [7, 11) is 0. The lowest BCUT2D eigenvalue weighted by molar-refractivity contribution is 0.0966. The van der Waals surface area contributed by atoms with Crippen LogP contribution in [0.25, 0.3) is 11.5 Å². The quantitative estimate of drug-likeness (QED) is 0.668. The molecule has 0 radical (unpaired) electrons. The summed E-state index contributed by atoms with van der Waals surface area (Å²) in [4.78, 5) is 28.6. The van der Waals surface area contributed by atoms with E-state index in [1.807, 2.05) is 31.0 Å². The topological polar surface area (TPSA) is 84.2 Å². The number of anilines is 1. The minimum atomic E-state index is -0.540. The molecule has 7 nitrogen and oxygen atoms in total. The van der Waals surface area contributed by atoms with Crippen LogP contribution in [0.3, 0.4) is 0 Å². The molecule has 2 aromatic heterocycles. The number of aryl methyl sites for hydroxylation is 2. The molecule has 0 aliphatic carbocycles. The second-order valence-corrected chi connectivity index (χ2v) is 7.66. The van der Waals surface area contributed by atoms with Crippen LogP contribution in [0.4, 0.5) is 10.3 Å². The molecule has 0 bridgehead atoms. The van der Waals surface area contributed by atoms with Crippen LogP contribution >= 0.6 is 0 Å². The molecular weight excluding hydrogens is 385 g/mol. The Balaban J connectivity index is 1.49. The summed E-state index contributed by atoms with van der Waals surface area (Å²) >= 11 is 0. The van der Waals surface area contributed by atoms with Crippen molar-refractivity contribution in [1.82, 2.24) is 20.3 Å². The fraction of sp³-hybridized carbons (Fsp3) is 0.273. The predicted molar refractivity (Wildman–Crippen MR) is 108 cm³/mol. The number of benzene rings is 1. The fourth-order valence-electron chi connectivity index (χ4n) is 4.19. The van der Waals surface area contributed by atoms with E-state index in [1.165, 1.54) is 30.7 Å². The zero-order valence-corrected chi connectivity index (χ0v) is 16.6. The Labute approximate surface area is 172 Å². The molecule has 1 aromatic carbocycles. The molecular formula is C22H20FN5O2. The number of rotatable bonds is 4. The molecule has 2 unspecified atom stereocenters. The fourth-order valence-corrected chi connectivity index (χ4v) is 4.19. The van der Waals surface area contributed by atoms with Crippen LogP contribution in [0.1, 0.15) is 21.7 Å².